The fraction of sp³-hybridized carbons (Fsp3) is 0.455. The molecular weight excluding hydrogens is 180 g/mol. The lowest BCUT2D eigenvalue weighted by molar-refractivity contribution is -0.0542. The summed E-state index contributed by atoms with van der Waals surface area (Å²) in [7, 11) is 0. The average molecular weight is 196 g/mol. The minimum Gasteiger partial charge on any atom is -0.485 e. The van der Waals surface area contributed by atoms with Crippen LogP contribution >= 0.6 is 0 Å². The molecule has 0 aromatic heterocycles. The molecule has 0 heterocycles. The van der Waals surface area contributed by atoms with E-state index in [0.717, 1.165) is 0 Å². The first kappa shape index (κ1) is 11.0. The molecule has 0 aliphatic rings. The lowest BCUT2D eigenvalue weighted by Crippen LogP contribution is -2.44. The van der Waals surface area contributed by atoms with Crippen molar-refractivity contribution in [3.05, 3.63) is 30.3 Å². The average Bonchev–Trinajstić information content (AvgIpc) is 2.17. The van der Waals surface area contributed by atoms with Gasteiger partial charge in [0.1, 0.15) is 17.5 Å². The molecule has 0 aliphatic carbocycles. The van der Waals surface area contributed by atoms with E-state index in [9.17, 15) is 5.11 Å². The van der Waals surface area contributed by atoms with Crippen molar-refractivity contribution in [1.82, 2.24) is 0 Å². The van der Waals surface area contributed by atoms with Crippen molar-refractivity contribution in [3.8, 4) is 5.75 Å². The first-order valence-electron chi connectivity index (χ1n) is 4.59. The fourth-order valence-electron chi connectivity index (χ4n) is 1.08. The van der Waals surface area contributed by atoms with E-state index in [2.05, 4.69) is 0 Å². The normalized spacial score (nSPS) is 13.7. The van der Waals surface area contributed by atoms with Crippen molar-refractivity contribution in [2.75, 3.05) is 6.61 Å². The van der Waals surface area contributed by atoms with Gasteiger partial charge in [-0.25, -0.2) is 0 Å². The van der Waals surface area contributed by atoms with Gasteiger partial charge >= 0.3 is 0 Å². The molecule has 0 aliphatic heterocycles. The van der Waals surface area contributed by atoms with E-state index in [1.165, 1.54) is 0 Å². The van der Waals surface area contributed by atoms with Crippen LogP contribution in [0, 0.1) is 0 Å². The predicted octanol–water partition coefficient (Wildman–Crippen LogP) is 1.20. The van der Waals surface area contributed by atoms with Crippen LogP contribution in [-0.4, -0.2) is 28.5 Å². The number of rotatable bonds is 4. The van der Waals surface area contributed by atoms with Gasteiger partial charge in [0.05, 0.1) is 6.61 Å². The van der Waals surface area contributed by atoms with Crippen LogP contribution in [0.3, 0.4) is 0 Å². The Morgan fingerprint density at radius 2 is 1.86 bits per heavy atom. The van der Waals surface area contributed by atoms with Gasteiger partial charge in [0.2, 0.25) is 0 Å². The number of aliphatic hydroxyl groups excluding tert-OH is 2. The highest BCUT2D eigenvalue weighted by atomic mass is 16.5. The summed E-state index contributed by atoms with van der Waals surface area (Å²) >= 11 is 0. The van der Waals surface area contributed by atoms with Crippen molar-refractivity contribution in [1.29, 1.82) is 0 Å². The molecular formula is C11H16O3. The summed E-state index contributed by atoms with van der Waals surface area (Å²) in [5, 5.41) is 18.3. The largest absolute Gasteiger partial charge is 0.485 e. The van der Waals surface area contributed by atoms with Gasteiger partial charge in [-0.3, -0.25) is 0 Å². The molecule has 0 saturated heterocycles. The summed E-state index contributed by atoms with van der Waals surface area (Å²) < 4.78 is 5.54. The SMILES string of the molecule is CC(C)(Oc1ccccc1)C(O)CO. The van der Waals surface area contributed by atoms with Crippen LogP contribution in [0.4, 0.5) is 0 Å². The third-order valence-electron chi connectivity index (χ3n) is 2.10. The number of hydrogen-bond donors (Lipinski definition) is 2. The third-order valence-corrected chi connectivity index (χ3v) is 2.10. The Morgan fingerprint density at radius 1 is 1.29 bits per heavy atom. The Hall–Kier alpha value is -1.06. The molecule has 1 unspecified atom stereocenters. The second-order valence-corrected chi connectivity index (χ2v) is 3.72. The Bertz CT molecular complexity index is 269. The van der Waals surface area contributed by atoms with Crippen molar-refractivity contribution in [3.63, 3.8) is 0 Å². The van der Waals surface area contributed by atoms with Crippen LogP contribution in [0.1, 0.15) is 13.8 Å². The number of ether oxygens (including phenoxy) is 1. The van der Waals surface area contributed by atoms with Crippen LogP contribution in [0.5, 0.6) is 5.75 Å². The molecule has 1 rings (SSSR count). The van der Waals surface area contributed by atoms with Crippen molar-refractivity contribution in [2.45, 2.75) is 25.6 Å². The lowest BCUT2D eigenvalue weighted by atomic mass is 10.0. The summed E-state index contributed by atoms with van der Waals surface area (Å²) in [5.41, 5.74) is -0.782. The first-order valence-corrected chi connectivity index (χ1v) is 4.59. The summed E-state index contributed by atoms with van der Waals surface area (Å²) in [5.74, 6) is 0.685. The highest BCUT2D eigenvalue weighted by Gasteiger charge is 2.29. The van der Waals surface area contributed by atoms with Crippen LogP contribution in [-0.2, 0) is 0 Å². The van der Waals surface area contributed by atoms with E-state index in [-0.39, 0.29) is 6.61 Å². The van der Waals surface area contributed by atoms with Crippen LogP contribution < -0.4 is 4.74 Å². The van der Waals surface area contributed by atoms with Crippen molar-refractivity contribution < 1.29 is 14.9 Å². The molecule has 1 aromatic carbocycles. The van der Waals surface area contributed by atoms with Gasteiger partial charge in [-0.05, 0) is 26.0 Å². The molecule has 1 atom stereocenters. The van der Waals surface area contributed by atoms with Gasteiger partial charge < -0.3 is 14.9 Å². The number of benzene rings is 1. The van der Waals surface area contributed by atoms with Gasteiger partial charge in [-0.1, -0.05) is 18.2 Å². The van der Waals surface area contributed by atoms with E-state index in [4.69, 9.17) is 9.84 Å². The molecule has 3 heteroatoms. The van der Waals surface area contributed by atoms with Gasteiger partial charge in [0.25, 0.3) is 0 Å². The summed E-state index contributed by atoms with van der Waals surface area (Å²) in [6.45, 7) is 3.17. The molecule has 0 spiro atoms. The van der Waals surface area contributed by atoms with E-state index in [0.29, 0.717) is 5.75 Å². The third kappa shape index (κ3) is 2.72. The zero-order chi connectivity index (χ0) is 10.6. The predicted molar refractivity (Wildman–Crippen MR) is 54.2 cm³/mol. The van der Waals surface area contributed by atoms with E-state index < -0.39 is 11.7 Å². The first-order chi connectivity index (χ1) is 6.56. The second-order valence-electron chi connectivity index (χ2n) is 3.72. The molecule has 78 valence electrons. The van der Waals surface area contributed by atoms with Crippen molar-refractivity contribution in [2.24, 2.45) is 0 Å². The number of hydrogen-bond acceptors (Lipinski definition) is 3. The molecule has 14 heavy (non-hydrogen) atoms. The minimum atomic E-state index is -0.886. The maximum absolute atomic E-state index is 9.47. The van der Waals surface area contributed by atoms with E-state index in [1.807, 2.05) is 30.3 Å². The van der Waals surface area contributed by atoms with Crippen LogP contribution in [0.2, 0.25) is 0 Å². The smallest absolute Gasteiger partial charge is 0.131 e. The molecule has 2 N–H and O–H groups in total. The van der Waals surface area contributed by atoms with E-state index >= 15 is 0 Å². The van der Waals surface area contributed by atoms with Gasteiger partial charge in [-0.15, -0.1) is 0 Å². The molecule has 0 saturated carbocycles. The van der Waals surface area contributed by atoms with Crippen LogP contribution in [0.15, 0.2) is 30.3 Å². The molecule has 0 radical (unpaired) electrons. The van der Waals surface area contributed by atoms with E-state index in [1.54, 1.807) is 13.8 Å². The number of aliphatic hydroxyl groups is 2. The quantitative estimate of drug-likeness (QED) is 0.760. The fourth-order valence-corrected chi connectivity index (χ4v) is 1.08. The maximum Gasteiger partial charge on any atom is 0.131 e. The summed E-state index contributed by atoms with van der Waals surface area (Å²) in [4.78, 5) is 0. The molecule has 3 nitrogen and oxygen atoms in total. The molecule has 1 aromatic rings. The van der Waals surface area contributed by atoms with Gasteiger partial charge in [0.15, 0.2) is 0 Å². The Balaban J connectivity index is 2.68. The maximum atomic E-state index is 9.47. The lowest BCUT2D eigenvalue weighted by Gasteiger charge is -2.30. The number of para-hydroxylation sites is 1. The Labute approximate surface area is 84.0 Å². The molecule has 0 amide bonds. The molecule has 0 fully saturated rings. The summed E-state index contributed by atoms with van der Waals surface area (Å²) in [6.07, 6.45) is -0.886. The zero-order valence-corrected chi connectivity index (χ0v) is 8.47. The monoisotopic (exact) mass is 196 g/mol. The molecule has 0 bridgehead atoms. The van der Waals surface area contributed by atoms with Gasteiger partial charge in [-0.2, -0.15) is 0 Å². The standard InChI is InChI=1S/C11H16O3/c1-11(2,10(13)8-12)14-9-6-4-3-5-7-9/h3-7,10,12-13H,8H2,1-2H3. The van der Waals surface area contributed by atoms with Gasteiger partial charge in [0, 0.05) is 0 Å². The van der Waals surface area contributed by atoms with Crippen LogP contribution in [0.25, 0.3) is 0 Å². The van der Waals surface area contributed by atoms with Crippen molar-refractivity contribution >= 4 is 0 Å². The Morgan fingerprint density at radius 3 is 2.36 bits per heavy atom. The Kier molecular flexibility index (Phi) is 3.49. The zero-order valence-electron chi connectivity index (χ0n) is 8.47. The highest BCUT2D eigenvalue weighted by Crippen LogP contribution is 2.20. The summed E-state index contributed by atoms with van der Waals surface area (Å²) in [6, 6.07) is 9.23. The highest BCUT2D eigenvalue weighted by molar-refractivity contribution is 5.22. The topological polar surface area (TPSA) is 49.7 Å². The second kappa shape index (κ2) is 4.44. The minimum absolute atomic E-state index is 0.306.